The molecule has 84 valence electrons. The highest BCUT2D eigenvalue weighted by atomic mass is 127. The minimum Gasteiger partial charge on any atom is -0.352 e. The van der Waals surface area contributed by atoms with E-state index in [1.165, 1.54) is 9.35 Å². The van der Waals surface area contributed by atoms with Crippen LogP contribution in [0.25, 0.3) is 0 Å². The van der Waals surface area contributed by atoms with Crippen molar-refractivity contribution in [3.05, 3.63) is 20.8 Å². The van der Waals surface area contributed by atoms with E-state index in [9.17, 15) is 0 Å². The topological polar surface area (TPSA) is 27.6 Å². The maximum Gasteiger partial charge on any atom is 0.194 e. The van der Waals surface area contributed by atoms with Crippen LogP contribution in [-0.2, 0) is 6.54 Å². The third-order valence-electron chi connectivity index (χ3n) is 2.19. The Kier molecular flexibility index (Phi) is 5.34. The molecule has 0 saturated carbocycles. The second-order valence-electron chi connectivity index (χ2n) is 3.20. The number of thiophene rings is 1. The molecule has 0 bridgehead atoms. The summed E-state index contributed by atoms with van der Waals surface area (Å²) >= 11 is 5.23. The van der Waals surface area contributed by atoms with E-state index in [2.05, 4.69) is 49.6 Å². The van der Waals surface area contributed by atoms with Crippen molar-refractivity contribution in [1.29, 1.82) is 0 Å². The number of nitrogens with zero attached hydrogens (tertiary/aromatic N) is 2. The molecule has 0 atom stereocenters. The van der Waals surface area contributed by atoms with Crippen LogP contribution < -0.4 is 5.32 Å². The Morgan fingerprint density at radius 2 is 2.47 bits per heavy atom. The van der Waals surface area contributed by atoms with Crippen LogP contribution in [0.3, 0.4) is 0 Å². The fourth-order valence-corrected chi connectivity index (χ4v) is 2.58. The largest absolute Gasteiger partial charge is 0.352 e. The molecule has 0 radical (unpaired) electrons. The molecule has 0 unspecified atom stereocenters. The van der Waals surface area contributed by atoms with Crippen LogP contribution in [0.4, 0.5) is 0 Å². The lowest BCUT2D eigenvalue weighted by atomic mass is 10.3. The molecule has 0 saturated heterocycles. The van der Waals surface area contributed by atoms with Gasteiger partial charge in [-0.15, -0.1) is 35.3 Å². The van der Waals surface area contributed by atoms with Crippen LogP contribution in [0.2, 0.25) is 0 Å². The summed E-state index contributed by atoms with van der Waals surface area (Å²) in [5.41, 5.74) is 1.29. The molecule has 0 aromatic carbocycles. The van der Waals surface area contributed by atoms with Crippen molar-refractivity contribution >= 4 is 57.2 Å². The van der Waals surface area contributed by atoms with Gasteiger partial charge >= 0.3 is 0 Å². The second-order valence-corrected chi connectivity index (χ2v) is 5.43. The molecule has 1 N–H and O–H groups in total. The van der Waals surface area contributed by atoms with Gasteiger partial charge in [0.1, 0.15) is 0 Å². The zero-order valence-electron chi connectivity index (χ0n) is 8.36. The Hall–Kier alpha value is 0.180. The summed E-state index contributed by atoms with van der Waals surface area (Å²) < 4.78 is 1.20. The van der Waals surface area contributed by atoms with Crippen molar-refractivity contribution in [2.24, 2.45) is 4.99 Å². The maximum atomic E-state index is 4.37. The summed E-state index contributed by atoms with van der Waals surface area (Å²) in [5.74, 6) is 1.00. The third kappa shape index (κ3) is 3.32. The Labute approximate surface area is 119 Å². The van der Waals surface area contributed by atoms with Crippen LogP contribution in [0, 0.1) is 0 Å². The van der Waals surface area contributed by atoms with Gasteiger partial charge in [-0.3, -0.25) is 4.99 Å². The minimum atomic E-state index is 0. The predicted octanol–water partition coefficient (Wildman–Crippen LogP) is 2.52. The number of guanidine groups is 1. The number of likely N-dealkylation sites (N-methyl/N-ethyl adjacent to an activating group) is 1. The summed E-state index contributed by atoms with van der Waals surface area (Å²) in [6, 6.07) is 2.12. The molecule has 3 nitrogen and oxygen atoms in total. The first-order valence-corrected chi connectivity index (χ1v) is 6.16. The quantitative estimate of drug-likeness (QED) is 0.771. The summed E-state index contributed by atoms with van der Waals surface area (Å²) in [6.07, 6.45) is 0. The molecule has 0 aliphatic carbocycles. The van der Waals surface area contributed by atoms with Gasteiger partial charge in [-0.2, -0.15) is 0 Å². The van der Waals surface area contributed by atoms with Crippen LogP contribution in [0.15, 0.2) is 20.2 Å². The van der Waals surface area contributed by atoms with Crippen molar-refractivity contribution < 1.29 is 0 Å². The van der Waals surface area contributed by atoms with Gasteiger partial charge in [-0.05, 0) is 32.9 Å². The smallest absolute Gasteiger partial charge is 0.194 e. The van der Waals surface area contributed by atoms with Gasteiger partial charge in [-0.25, -0.2) is 0 Å². The normalized spacial score (nSPS) is 14.8. The van der Waals surface area contributed by atoms with Crippen LogP contribution >= 0.6 is 51.2 Å². The lowest BCUT2D eigenvalue weighted by Crippen LogP contribution is -2.35. The van der Waals surface area contributed by atoms with Gasteiger partial charge in [0.05, 0.1) is 10.3 Å². The molecule has 0 spiro atoms. The summed E-state index contributed by atoms with van der Waals surface area (Å²) in [7, 11) is 2.06. The van der Waals surface area contributed by atoms with Crippen LogP contribution in [0.5, 0.6) is 0 Å². The second kappa shape index (κ2) is 6.05. The van der Waals surface area contributed by atoms with E-state index < -0.39 is 0 Å². The average Bonchev–Trinajstić information content (AvgIpc) is 2.72. The lowest BCUT2D eigenvalue weighted by molar-refractivity contribution is 0.534. The van der Waals surface area contributed by atoms with E-state index in [1.54, 1.807) is 11.3 Å². The molecule has 1 aromatic rings. The fourth-order valence-electron chi connectivity index (χ4n) is 1.34. The third-order valence-corrected chi connectivity index (χ3v) is 4.00. The van der Waals surface area contributed by atoms with Gasteiger partial charge in [0.2, 0.25) is 0 Å². The van der Waals surface area contributed by atoms with E-state index in [-0.39, 0.29) is 24.0 Å². The molecular weight excluding hydrogens is 389 g/mol. The molecule has 2 heterocycles. The molecule has 15 heavy (non-hydrogen) atoms. The number of halogens is 2. The average molecular weight is 402 g/mol. The zero-order chi connectivity index (χ0) is 9.97. The number of rotatable bonds is 2. The van der Waals surface area contributed by atoms with Crippen molar-refractivity contribution in [1.82, 2.24) is 10.2 Å². The first-order valence-electron chi connectivity index (χ1n) is 4.48. The van der Waals surface area contributed by atoms with E-state index in [4.69, 9.17) is 0 Å². The Balaban J connectivity index is 0.00000112. The molecule has 6 heteroatoms. The Bertz CT molecular complexity index is 353. The van der Waals surface area contributed by atoms with Crippen molar-refractivity contribution in [3.8, 4) is 0 Å². The molecule has 1 aromatic heterocycles. The maximum absolute atomic E-state index is 4.37. The Morgan fingerprint density at radius 1 is 1.67 bits per heavy atom. The standard InChI is InChI=1S/C9H12BrN3S.HI/c1-13-4-3-11-9(13)12-6-7-2-5-14-8(7)10;/h2,5H,3-4,6H2,1H3,(H,11,12);1H. The van der Waals surface area contributed by atoms with E-state index in [1.807, 2.05) is 0 Å². The van der Waals surface area contributed by atoms with Gasteiger partial charge < -0.3 is 10.2 Å². The first-order chi connectivity index (χ1) is 6.77. The lowest BCUT2D eigenvalue weighted by Gasteiger charge is -2.14. The molecule has 2 rings (SSSR count). The van der Waals surface area contributed by atoms with Gasteiger partial charge in [0.25, 0.3) is 0 Å². The van der Waals surface area contributed by atoms with E-state index >= 15 is 0 Å². The van der Waals surface area contributed by atoms with Crippen molar-refractivity contribution in [2.75, 3.05) is 20.1 Å². The number of hydrogen-bond donors (Lipinski definition) is 1. The van der Waals surface area contributed by atoms with Gasteiger partial charge in [0, 0.05) is 20.1 Å². The SMILES string of the molecule is CN1CCN=C1NCc1ccsc1Br.I. The van der Waals surface area contributed by atoms with Crippen molar-refractivity contribution in [3.63, 3.8) is 0 Å². The summed E-state index contributed by atoms with van der Waals surface area (Å²) in [5, 5.41) is 5.41. The number of hydrogen-bond acceptors (Lipinski definition) is 4. The highest BCUT2D eigenvalue weighted by molar-refractivity contribution is 14.0. The zero-order valence-corrected chi connectivity index (χ0v) is 13.1. The monoisotopic (exact) mass is 401 g/mol. The van der Waals surface area contributed by atoms with Crippen LogP contribution in [-0.4, -0.2) is 31.0 Å². The molecule has 1 aliphatic heterocycles. The molecule has 1 aliphatic rings. The number of nitrogens with one attached hydrogen (secondary N) is 1. The highest BCUT2D eigenvalue weighted by Crippen LogP contribution is 2.23. The van der Waals surface area contributed by atoms with Gasteiger partial charge in [0.15, 0.2) is 5.96 Å². The highest BCUT2D eigenvalue weighted by Gasteiger charge is 2.11. The van der Waals surface area contributed by atoms with E-state index in [0.29, 0.717) is 0 Å². The summed E-state index contributed by atoms with van der Waals surface area (Å²) in [4.78, 5) is 6.50. The Morgan fingerprint density at radius 3 is 3.00 bits per heavy atom. The van der Waals surface area contributed by atoms with Crippen molar-refractivity contribution in [2.45, 2.75) is 6.54 Å². The predicted molar refractivity (Wildman–Crippen MR) is 79.2 cm³/mol. The van der Waals surface area contributed by atoms with E-state index in [0.717, 1.165) is 25.6 Å². The molecular formula is C9H13BrIN3S. The van der Waals surface area contributed by atoms with Gasteiger partial charge in [-0.1, -0.05) is 0 Å². The first kappa shape index (κ1) is 13.2. The summed E-state index contributed by atoms with van der Waals surface area (Å²) in [6.45, 7) is 2.77. The molecule has 0 fully saturated rings. The molecule has 0 amide bonds. The fraction of sp³-hybridized carbons (Fsp3) is 0.444. The van der Waals surface area contributed by atoms with Crippen LogP contribution in [0.1, 0.15) is 5.56 Å². The minimum absolute atomic E-state index is 0. The number of aliphatic imine (C=N–C) groups is 1.